The van der Waals surface area contributed by atoms with Gasteiger partial charge in [0.2, 0.25) is 0 Å². The third-order valence-corrected chi connectivity index (χ3v) is 5.07. The molecule has 2 aromatic carbocycles. The summed E-state index contributed by atoms with van der Waals surface area (Å²) >= 11 is 0. The molecule has 0 radical (unpaired) electrons. The largest absolute Gasteiger partial charge is 0.492 e. The number of carbonyl (C=O) groups excluding carboxylic acids is 1. The minimum Gasteiger partial charge on any atom is -0.492 e. The molecule has 0 unspecified atom stereocenters. The molecule has 5 heteroatoms. The molecule has 146 valence electrons. The number of hydrogen-bond donors (Lipinski definition) is 0. The van der Waals surface area contributed by atoms with Gasteiger partial charge in [-0.3, -0.25) is 4.79 Å². The van der Waals surface area contributed by atoms with Gasteiger partial charge in [-0.05, 0) is 50.7 Å². The summed E-state index contributed by atoms with van der Waals surface area (Å²) < 4.78 is 5.98. The van der Waals surface area contributed by atoms with E-state index in [0.717, 1.165) is 36.3 Å². The topological polar surface area (TPSA) is 56.6 Å². The Hall–Kier alpha value is -2.84. The highest BCUT2D eigenvalue weighted by molar-refractivity contribution is 5.95. The number of likely N-dealkylation sites (N-methyl/N-ethyl adjacent to an activating group) is 1. The summed E-state index contributed by atoms with van der Waals surface area (Å²) in [5.41, 5.74) is 2.63. The van der Waals surface area contributed by atoms with Crippen molar-refractivity contribution in [1.82, 2.24) is 9.80 Å². The van der Waals surface area contributed by atoms with Gasteiger partial charge in [-0.15, -0.1) is 0 Å². The first-order valence-electron chi connectivity index (χ1n) is 9.74. The third-order valence-electron chi connectivity index (χ3n) is 5.07. The lowest BCUT2D eigenvalue weighted by Crippen LogP contribution is -2.38. The zero-order valence-electron chi connectivity index (χ0n) is 16.6. The van der Waals surface area contributed by atoms with Crippen molar-refractivity contribution in [2.45, 2.75) is 12.8 Å². The van der Waals surface area contributed by atoms with Gasteiger partial charge < -0.3 is 14.5 Å². The van der Waals surface area contributed by atoms with Crippen molar-refractivity contribution in [1.29, 1.82) is 5.26 Å². The SMILES string of the molecule is CN(C)CCOc1ccccc1-c1cccc(C(=O)N2CCC(C#N)CC2)c1. The van der Waals surface area contributed by atoms with Crippen molar-refractivity contribution < 1.29 is 9.53 Å². The zero-order chi connectivity index (χ0) is 19.9. The van der Waals surface area contributed by atoms with Crippen LogP contribution in [0.1, 0.15) is 23.2 Å². The van der Waals surface area contributed by atoms with E-state index in [1.54, 1.807) is 0 Å². The van der Waals surface area contributed by atoms with Crippen LogP contribution in [0.5, 0.6) is 5.75 Å². The molecule has 0 spiro atoms. The Morgan fingerprint density at radius 1 is 1.18 bits per heavy atom. The quantitative estimate of drug-likeness (QED) is 0.771. The number of hydrogen-bond acceptors (Lipinski definition) is 4. The standard InChI is InChI=1S/C23H27N3O2/c1-25(2)14-15-28-22-9-4-3-8-21(22)19-6-5-7-20(16-19)23(27)26-12-10-18(17-24)11-13-26/h3-9,16,18H,10-15H2,1-2H3. The van der Waals surface area contributed by atoms with Gasteiger partial charge in [0.25, 0.3) is 5.91 Å². The molecule has 1 saturated heterocycles. The van der Waals surface area contributed by atoms with E-state index in [-0.39, 0.29) is 11.8 Å². The van der Waals surface area contributed by atoms with E-state index in [9.17, 15) is 4.79 Å². The van der Waals surface area contributed by atoms with Crippen LogP contribution in [-0.2, 0) is 0 Å². The molecule has 28 heavy (non-hydrogen) atoms. The molecule has 0 saturated carbocycles. The molecule has 0 aliphatic carbocycles. The summed E-state index contributed by atoms with van der Waals surface area (Å²) in [6.07, 6.45) is 1.51. The molecule has 1 aliphatic rings. The first-order chi connectivity index (χ1) is 13.6. The van der Waals surface area contributed by atoms with Crippen LogP contribution in [0.15, 0.2) is 48.5 Å². The number of ether oxygens (including phenoxy) is 1. The van der Waals surface area contributed by atoms with Crippen molar-refractivity contribution in [3.05, 3.63) is 54.1 Å². The number of amides is 1. The van der Waals surface area contributed by atoms with E-state index < -0.39 is 0 Å². The van der Waals surface area contributed by atoms with Gasteiger partial charge in [-0.2, -0.15) is 5.26 Å². The third kappa shape index (κ3) is 4.90. The summed E-state index contributed by atoms with van der Waals surface area (Å²) in [5, 5.41) is 9.05. The summed E-state index contributed by atoms with van der Waals surface area (Å²) in [6, 6.07) is 18.0. The Labute approximate surface area is 167 Å². The monoisotopic (exact) mass is 377 g/mol. The first kappa shape index (κ1) is 19.9. The predicted molar refractivity (Wildman–Crippen MR) is 110 cm³/mol. The number of carbonyl (C=O) groups is 1. The highest BCUT2D eigenvalue weighted by Crippen LogP contribution is 2.31. The Bertz CT molecular complexity index is 849. The van der Waals surface area contributed by atoms with Crippen LogP contribution in [0.3, 0.4) is 0 Å². The van der Waals surface area contributed by atoms with Crippen molar-refractivity contribution in [3.8, 4) is 22.9 Å². The summed E-state index contributed by atoms with van der Waals surface area (Å²) in [6.45, 7) is 2.74. The highest BCUT2D eigenvalue weighted by Gasteiger charge is 2.23. The molecular weight excluding hydrogens is 350 g/mol. The smallest absolute Gasteiger partial charge is 0.253 e. The summed E-state index contributed by atoms with van der Waals surface area (Å²) in [5.74, 6) is 0.926. The predicted octanol–water partition coefficient (Wildman–Crippen LogP) is 3.67. The fraction of sp³-hybridized carbons (Fsp3) is 0.391. The Morgan fingerprint density at radius 2 is 1.93 bits per heavy atom. The number of nitriles is 1. The number of rotatable bonds is 6. The van der Waals surface area contributed by atoms with E-state index in [4.69, 9.17) is 10.00 Å². The van der Waals surface area contributed by atoms with Crippen molar-refractivity contribution in [3.63, 3.8) is 0 Å². The second-order valence-corrected chi connectivity index (χ2v) is 7.42. The van der Waals surface area contributed by atoms with Crippen LogP contribution in [0.4, 0.5) is 0 Å². The fourth-order valence-corrected chi connectivity index (χ4v) is 3.38. The van der Waals surface area contributed by atoms with E-state index in [2.05, 4.69) is 11.0 Å². The van der Waals surface area contributed by atoms with Gasteiger partial charge in [-0.1, -0.05) is 30.3 Å². The maximum Gasteiger partial charge on any atom is 0.253 e. The minimum atomic E-state index is 0.0317. The van der Waals surface area contributed by atoms with Crippen LogP contribution < -0.4 is 4.74 Å². The zero-order valence-corrected chi connectivity index (χ0v) is 16.6. The Morgan fingerprint density at radius 3 is 2.64 bits per heavy atom. The molecule has 2 aromatic rings. The van der Waals surface area contributed by atoms with Gasteiger partial charge in [-0.25, -0.2) is 0 Å². The molecule has 0 aromatic heterocycles. The molecule has 1 fully saturated rings. The fourth-order valence-electron chi connectivity index (χ4n) is 3.38. The number of likely N-dealkylation sites (tertiary alicyclic amines) is 1. The van der Waals surface area contributed by atoms with Gasteiger partial charge in [0.15, 0.2) is 0 Å². The molecule has 1 amide bonds. The summed E-state index contributed by atoms with van der Waals surface area (Å²) in [7, 11) is 4.04. The summed E-state index contributed by atoms with van der Waals surface area (Å²) in [4.78, 5) is 16.9. The first-order valence-corrected chi connectivity index (χ1v) is 9.74. The number of nitrogens with zero attached hydrogens (tertiary/aromatic N) is 3. The van der Waals surface area contributed by atoms with Crippen molar-refractivity contribution in [2.75, 3.05) is 40.3 Å². The second-order valence-electron chi connectivity index (χ2n) is 7.42. The lowest BCUT2D eigenvalue weighted by atomic mass is 9.97. The van der Waals surface area contributed by atoms with E-state index in [1.807, 2.05) is 67.5 Å². The van der Waals surface area contributed by atoms with Gasteiger partial charge >= 0.3 is 0 Å². The average molecular weight is 377 g/mol. The Kier molecular flexibility index (Phi) is 6.67. The number of para-hydroxylation sites is 1. The molecule has 3 rings (SSSR count). The maximum absolute atomic E-state index is 12.9. The second kappa shape index (κ2) is 9.38. The van der Waals surface area contributed by atoms with E-state index in [1.165, 1.54) is 0 Å². The van der Waals surface area contributed by atoms with Crippen LogP contribution in [0, 0.1) is 17.2 Å². The molecule has 0 N–H and O–H groups in total. The number of piperidine rings is 1. The van der Waals surface area contributed by atoms with E-state index >= 15 is 0 Å². The van der Waals surface area contributed by atoms with Crippen LogP contribution in [0.25, 0.3) is 11.1 Å². The molecular formula is C23H27N3O2. The molecule has 0 bridgehead atoms. The van der Waals surface area contributed by atoms with Gasteiger partial charge in [0.05, 0.1) is 6.07 Å². The average Bonchev–Trinajstić information content (AvgIpc) is 2.73. The van der Waals surface area contributed by atoms with Gasteiger partial charge in [0.1, 0.15) is 12.4 Å². The van der Waals surface area contributed by atoms with Gasteiger partial charge in [0, 0.05) is 36.7 Å². The van der Waals surface area contributed by atoms with Crippen LogP contribution in [-0.4, -0.2) is 56.0 Å². The maximum atomic E-state index is 12.9. The minimum absolute atomic E-state index is 0.0317. The lowest BCUT2D eigenvalue weighted by molar-refractivity contribution is 0.0707. The molecule has 0 atom stereocenters. The molecule has 5 nitrogen and oxygen atoms in total. The van der Waals surface area contributed by atoms with Crippen LogP contribution >= 0.6 is 0 Å². The normalized spacial score (nSPS) is 14.7. The Balaban J connectivity index is 1.77. The number of benzene rings is 2. The van der Waals surface area contributed by atoms with Crippen molar-refractivity contribution >= 4 is 5.91 Å². The molecule has 1 heterocycles. The molecule has 1 aliphatic heterocycles. The van der Waals surface area contributed by atoms with Crippen LogP contribution in [0.2, 0.25) is 0 Å². The lowest BCUT2D eigenvalue weighted by Gasteiger charge is -2.29. The van der Waals surface area contributed by atoms with E-state index in [0.29, 0.717) is 25.3 Å². The van der Waals surface area contributed by atoms with Crippen molar-refractivity contribution in [2.24, 2.45) is 5.92 Å². The highest BCUT2D eigenvalue weighted by atomic mass is 16.5.